The summed E-state index contributed by atoms with van der Waals surface area (Å²) in [4.78, 5) is 18.1. The summed E-state index contributed by atoms with van der Waals surface area (Å²) in [5, 5.41) is 0. The molecule has 0 spiro atoms. The van der Waals surface area contributed by atoms with Crippen LogP contribution in [0.3, 0.4) is 0 Å². The fourth-order valence-corrected chi connectivity index (χ4v) is 7.09. The van der Waals surface area contributed by atoms with Gasteiger partial charge in [0.25, 0.3) is 5.91 Å². The lowest BCUT2D eigenvalue weighted by molar-refractivity contribution is 0.0997. The van der Waals surface area contributed by atoms with Crippen LogP contribution in [0.5, 0.6) is 11.5 Å². The van der Waals surface area contributed by atoms with Crippen LogP contribution >= 0.6 is 11.3 Å². The molecule has 0 saturated carbocycles. The highest BCUT2D eigenvalue weighted by molar-refractivity contribution is 7.89. The number of benzene rings is 3. The van der Waals surface area contributed by atoms with Gasteiger partial charge in [0.05, 0.1) is 15.1 Å². The highest BCUT2D eigenvalue weighted by Crippen LogP contribution is 2.35. The molecule has 10 heteroatoms. The molecule has 0 N–H and O–H groups in total. The van der Waals surface area contributed by atoms with Crippen LogP contribution in [0.2, 0.25) is 0 Å². The van der Waals surface area contributed by atoms with Crippen molar-refractivity contribution in [3.8, 4) is 11.5 Å². The highest BCUT2D eigenvalue weighted by Gasteiger charge is 2.27. The Morgan fingerprint density at radius 3 is 2.32 bits per heavy atom. The molecular weight excluding hydrogens is 522 g/mol. The fraction of sp³-hybridized carbons (Fsp3) is 0.286. The molecule has 0 saturated heterocycles. The second-order valence-corrected chi connectivity index (χ2v) is 12.1. The summed E-state index contributed by atoms with van der Waals surface area (Å²) in [6.07, 6.45) is 0. The standard InChI is InChI=1S/C28H29N3O5S2/c1-4-30-23-16-24-25(36-15-14-35-24)17-26(23)37-28(30)29-27(32)21-10-12-22(13-11-21)38(33,34)31(19(2)3)18-20-8-6-5-7-9-20/h5-13,16-17,19H,4,14-15,18H2,1-3H3. The maximum absolute atomic E-state index is 13.4. The lowest BCUT2D eigenvalue weighted by Gasteiger charge is -2.26. The minimum Gasteiger partial charge on any atom is -0.486 e. The van der Waals surface area contributed by atoms with Gasteiger partial charge >= 0.3 is 0 Å². The maximum atomic E-state index is 13.4. The molecule has 38 heavy (non-hydrogen) atoms. The van der Waals surface area contributed by atoms with Crippen LogP contribution in [0, 0.1) is 0 Å². The van der Waals surface area contributed by atoms with Gasteiger partial charge in [0.15, 0.2) is 16.3 Å². The van der Waals surface area contributed by atoms with E-state index in [-0.39, 0.29) is 17.5 Å². The summed E-state index contributed by atoms with van der Waals surface area (Å²) in [7, 11) is -3.77. The van der Waals surface area contributed by atoms with Gasteiger partial charge in [0, 0.05) is 36.8 Å². The predicted molar refractivity (Wildman–Crippen MR) is 147 cm³/mol. The average Bonchev–Trinajstić information content (AvgIpc) is 3.26. The number of fused-ring (bicyclic) bond motifs is 2. The van der Waals surface area contributed by atoms with Crippen molar-refractivity contribution < 1.29 is 22.7 Å². The van der Waals surface area contributed by atoms with Crippen molar-refractivity contribution in [3.63, 3.8) is 0 Å². The van der Waals surface area contributed by atoms with Crippen LogP contribution in [0.15, 0.2) is 76.6 Å². The number of hydrogen-bond donors (Lipinski definition) is 0. The number of ether oxygens (including phenoxy) is 2. The van der Waals surface area contributed by atoms with Crippen molar-refractivity contribution in [2.45, 2.75) is 44.8 Å². The third-order valence-corrected chi connectivity index (χ3v) is 9.40. The Morgan fingerprint density at radius 2 is 1.68 bits per heavy atom. The Hall–Kier alpha value is -3.47. The second-order valence-electron chi connectivity index (χ2n) is 9.16. The molecule has 198 valence electrons. The molecule has 5 rings (SSSR count). The van der Waals surface area contributed by atoms with E-state index in [0.29, 0.717) is 41.6 Å². The minimum atomic E-state index is -3.77. The molecule has 0 aliphatic carbocycles. The minimum absolute atomic E-state index is 0.134. The number of aryl methyl sites for hydroxylation is 1. The normalized spacial score (nSPS) is 14.0. The van der Waals surface area contributed by atoms with Gasteiger partial charge in [-0.15, -0.1) is 0 Å². The van der Waals surface area contributed by atoms with Crippen molar-refractivity contribution in [2.75, 3.05) is 13.2 Å². The number of aromatic nitrogens is 1. The smallest absolute Gasteiger partial charge is 0.279 e. The number of sulfonamides is 1. The summed E-state index contributed by atoms with van der Waals surface area (Å²) < 4.78 is 42.6. The zero-order valence-corrected chi connectivity index (χ0v) is 23.1. The van der Waals surface area contributed by atoms with Crippen molar-refractivity contribution in [1.29, 1.82) is 0 Å². The number of rotatable bonds is 7. The first-order valence-electron chi connectivity index (χ1n) is 12.5. The van der Waals surface area contributed by atoms with Gasteiger partial charge in [-0.2, -0.15) is 9.30 Å². The van der Waals surface area contributed by atoms with Crippen LogP contribution in [0.25, 0.3) is 10.2 Å². The lowest BCUT2D eigenvalue weighted by Crippen LogP contribution is -2.36. The summed E-state index contributed by atoms with van der Waals surface area (Å²) in [6.45, 7) is 7.56. The van der Waals surface area contributed by atoms with E-state index in [0.717, 1.165) is 15.8 Å². The van der Waals surface area contributed by atoms with E-state index in [1.807, 2.05) is 67.8 Å². The summed E-state index contributed by atoms with van der Waals surface area (Å²) in [6, 6.07) is 19.1. The third kappa shape index (κ3) is 5.11. The average molecular weight is 552 g/mol. The second kappa shape index (κ2) is 10.7. The Bertz CT molecular complexity index is 1640. The van der Waals surface area contributed by atoms with E-state index in [2.05, 4.69) is 4.99 Å². The first kappa shape index (κ1) is 26.1. The molecule has 8 nitrogen and oxygen atoms in total. The number of carbonyl (C=O) groups excluding carboxylic acids is 1. The van der Waals surface area contributed by atoms with Crippen molar-refractivity contribution in [3.05, 3.63) is 82.7 Å². The van der Waals surface area contributed by atoms with Crippen LogP contribution in [0.4, 0.5) is 0 Å². The number of nitrogens with zero attached hydrogens (tertiary/aromatic N) is 3. The van der Waals surface area contributed by atoms with E-state index in [4.69, 9.17) is 9.47 Å². The van der Waals surface area contributed by atoms with E-state index in [1.54, 1.807) is 0 Å². The van der Waals surface area contributed by atoms with Crippen LogP contribution in [0.1, 0.15) is 36.7 Å². The van der Waals surface area contributed by atoms with Crippen LogP contribution < -0.4 is 14.3 Å². The highest BCUT2D eigenvalue weighted by atomic mass is 32.2. The molecule has 0 radical (unpaired) electrons. The zero-order chi connectivity index (χ0) is 26.9. The summed E-state index contributed by atoms with van der Waals surface area (Å²) >= 11 is 1.40. The van der Waals surface area contributed by atoms with Crippen molar-refractivity contribution in [1.82, 2.24) is 8.87 Å². The monoisotopic (exact) mass is 551 g/mol. The van der Waals surface area contributed by atoms with Gasteiger partial charge in [-0.3, -0.25) is 4.79 Å². The Labute approximate surface area is 225 Å². The van der Waals surface area contributed by atoms with E-state index in [1.165, 1.54) is 39.9 Å². The van der Waals surface area contributed by atoms with E-state index < -0.39 is 15.9 Å². The van der Waals surface area contributed by atoms with Gasteiger partial charge in [0.1, 0.15) is 13.2 Å². The van der Waals surface area contributed by atoms with Gasteiger partial charge < -0.3 is 14.0 Å². The lowest BCUT2D eigenvalue weighted by atomic mass is 10.2. The molecule has 0 atom stereocenters. The van der Waals surface area contributed by atoms with Crippen LogP contribution in [-0.2, 0) is 23.1 Å². The molecule has 1 aliphatic rings. The van der Waals surface area contributed by atoms with E-state index >= 15 is 0 Å². The van der Waals surface area contributed by atoms with E-state index in [9.17, 15) is 13.2 Å². The molecule has 1 amide bonds. The molecule has 1 aromatic heterocycles. The number of hydrogen-bond acceptors (Lipinski definition) is 6. The summed E-state index contributed by atoms with van der Waals surface area (Å²) in [5.74, 6) is 0.928. The SMILES string of the molecule is CCn1c(=NC(=O)c2ccc(S(=O)(=O)N(Cc3ccccc3)C(C)C)cc2)sc2cc3c(cc21)OCCO3. The number of carbonyl (C=O) groups is 1. The molecule has 0 fully saturated rings. The van der Waals surface area contributed by atoms with Crippen molar-refractivity contribution in [2.24, 2.45) is 4.99 Å². The molecule has 0 unspecified atom stereocenters. The van der Waals surface area contributed by atoms with Gasteiger partial charge in [-0.1, -0.05) is 41.7 Å². The first-order chi connectivity index (χ1) is 18.3. The molecular formula is C28H29N3O5S2. The molecule has 2 heterocycles. The first-order valence-corrected chi connectivity index (χ1v) is 14.7. The largest absolute Gasteiger partial charge is 0.486 e. The van der Waals surface area contributed by atoms with Crippen molar-refractivity contribution >= 4 is 37.5 Å². The van der Waals surface area contributed by atoms with Crippen LogP contribution in [-0.4, -0.2) is 42.5 Å². The number of amides is 1. The quantitative estimate of drug-likeness (QED) is 0.328. The Balaban J connectivity index is 1.43. The topological polar surface area (TPSA) is 90.2 Å². The molecule has 0 bridgehead atoms. The maximum Gasteiger partial charge on any atom is 0.279 e. The van der Waals surface area contributed by atoms with Gasteiger partial charge in [-0.25, -0.2) is 8.42 Å². The summed E-state index contributed by atoms with van der Waals surface area (Å²) in [5.41, 5.74) is 2.14. The Morgan fingerprint density at radius 1 is 1.03 bits per heavy atom. The zero-order valence-electron chi connectivity index (χ0n) is 21.5. The molecule has 1 aliphatic heterocycles. The number of thiazole rings is 1. The predicted octanol–water partition coefficient (Wildman–Crippen LogP) is 4.83. The fourth-order valence-electron chi connectivity index (χ4n) is 4.36. The van der Waals surface area contributed by atoms with Gasteiger partial charge in [-0.05, 0) is 50.6 Å². The molecule has 3 aromatic carbocycles. The molecule has 4 aromatic rings. The Kier molecular flexibility index (Phi) is 7.38. The van der Waals surface area contributed by atoms with Gasteiger partial charge in [0.2, 0.25) is 10.0 Å². The third-order valence-electron chi connectivity index (χ3n) is 6.33.